The molecule has 15 heavy (non-hydrogen) atoms. The van der Waals surface area contributed by atoms with E-state index in [1.807, 2.05) is 20.8 Å². The molecule has 1 aromatic rings. The second kappa shape index (κ2) is 3.58. The maximum atomic E-state index is 13.6. The third-order valence-corrected chi connectivity index (χ3v) is 2.32. The standard InChI is InChI=1S/C13H20FN/c1-12(2,3)10-8-7-9(14)11(15-10)13(4,5)6/h7-8H,1-6H3. The molecule has 0 aliphatic rings. The molecule has 0 bridgehead atoms. The van der Waals surface area contributed by atoms with Crippen LogP contribution in [0.3, 0.4) is 0 Å². The summed E-state index contributed by atoms with van der Waals surface area (Å²) in [7, 11) is 0. The highest BCUT2D eigenvalue weighted by Gasteiger charge is 2.23. The molecule has 0 saturated carbocycles. The number of pyridine rings is 1. The summed E-state index contributed by atoms with van der Waals surface area (Å²) in [6.45, 7) is 12.2. The molecule has 1 rings (SSSR count). The van der Waals surface area contributed by atoms with Crippen LogP contribution in [0.4, 0.5) is 4.39 Å². The van der Waals surface area contributed by atoms with Crippen LogP contribution in [0.5, 0.6) is 0 Å². The van der Waals surface area contributed by atoms with Crippen LogP contribution >= 0.6 is 0 Å². The minimum absolute atomic E-state index is 0.0340. The molecule has 0 unspecified atom stereocenters. The Morgan fingerprint density at radius 2 is 1.47 bits per heavy atom. The molecule has 0 saturated heterocycles. The van der Waals surface area contributed by atoms with Gasteiger partial charge >= 0.3 is 0 Å². The fraction of sp³-hybridized carbons (Fsp3) is 0.615. The van der Waals surface area contributed by atoms with Crippen LogP contribution in [0.2, 0.25) is 0 Å². The first-order valence-corrected chi connectivity index (χ1v) is 5.30. The van der Waals surface area contributed by atoms with E-state index in [2.05, 4.69) is 25.8 Å². The van der Waals surface area contributed by atoms with Gasteiger partial charge in [-0.2, -0.15) is 0 Å². The second-order valence-corrected chi connectivity index (χ2v) is 6.03. The van der Waals surface area contributed by atoms with Crippen LogP contribution in [0.1, 0.15) is 52.9 Å². The zero-order valence-corrected chi connectivity index (χ0v) is 10.5. The molecule has 0 fully saturated rings. The van der Waals surface area contributed by atoms with E-state index < -0.39 is 0 Å². The fourth-order valence-corrected chi connectivity index (χ4v) is 1.39. The largest absolute Gasteiger partial charge is 0.254 e. The van der Waals surface area contributed by atoms with Crippen LogP contribution < -0.4 is 0 Å². The molecule has 0 aliphatic carbocycles. The van der Waals surface area contributed by atoms with Gasteiger partial charge in [-0.3, -0.25) is 4.98 Å². The fourth-order valence-electron chi connectivity index (χ4n) is 1.39. The van der Waals surface area contributed by atoms with E-state index in [1.165, 1.54) is 6.07 Å². The van der Waals surface area contributed by atoms with Gasteiger partial charge in [0, 0.05) is 16.5 Å². The van der Waals surface area contributed by atoms with Crippen molar-refractivity contribution < 1.29 is 4.39 Å². The van der Waals surface area contributed by atoms with Crippen LogP contribution in [0.15, 0.2) is 12.1 Å². The maximum Gasteiger partial charge on any atom is 0.145 e. The third-order valence-electron chi connectivity index (χ3n) is 2.32. The molecule has 0 spiro atoms. The number of nitrogens with zero attached hydrogens (tertiary/aromatic N) is 1. The maximum absolute atomic E-state index is 13.6. The predicted molar refractivity (Wildman–Crippen MR) is 61.6 cm³/mol. The highest BCUT2D eigenvalue weighted by atomic mass is 19.1. The van der Waals surface area contributed by atoms with Gasteiger partial charge in [0.2, 0.25) is 0 Å². The second-order valence-electron chi connectivity index (χ2n) is 6.03. The van der Waals surface area contributed by atoms with Crippen LogP contribution in [-0.4, -0.2) is 4.98 Å². The van der Waals surface area contributed by atoms with Gasteiger partial charge in [-0.1, -0.05) is 41.5 Å². The molecule has 0 amide bonds. The predicted octanol–water partition coefficient (Wildman–Crippen LogP) is 3.82. The topological polar surface area (TPSA) is 12.9 Å². The van der Waals surface area contributed by atoms with Crippen molar-refractivity contribution in [3.63, 3.8) is 0 Å². The average molecular weight is 209 g/mol. The Morgan fingerprint density at radius 1 is 0.933 bits per heavy atom. The Balaban J connectivity index is 3.30. The molecule has 0 atom stereocenters. The van der Waals surface area contributed by atoms with Gasteiger partial charge in [0.15, 0.2) is 0 Å². The van der Waals surface area contributed by atoms with Gasteiger partial charge in [0.1, 0.15) is 5.82 Å². The van der Waals surface area contributed by atoms with Crippen molar-refractivity contribution in [1.29, 1.82) is 0 Å². The lowest BCUT2D eigenvalue weighted by Gasteiger charge is -2.23. The molecule has 1 aromatic heterocycles. The Hall–Kier alpha value is -0.920. The molecule has 2 heteroatoms. The van der Waals surface area contributed by atoms with E-state index >= 15 is 0 Å². The lowest BCUT2D eigenvalue weighted by atomic mass is 9.87. The van der Waals surface area contributed by atoms with Crippen LogP contribution in [0.25, 0.3) is 0 Å². The molecular formula is C13H20FN. The first kappa shape index (κ1) is 12.2. The number of hydrogen-bond donors (Lipinski definition) is 0. The monoisotopic (exact) mass is 209 g/mol. The van der Waals surface area contributed by atoms with Crippen molar-refractivity contribution >= 4 is 0 Å². The average Bonchev–Trinajstić information content (AvgIpc) is 2.00. The first-order chi connectivity index (χ1) is 6.62. The Morgan fingerprint density at radius 3 is 1.87 bits per heavy atom. The molecule has 0 aliphatic heterocycles. The molecule has 0 aromatic carbocycles. The number of halogens is 1. The zero-order chi connectivity index (χ0) is 11.9. The van der Waals surface area contributed by atoms with Gasteiger partial charge < -0.3 is 0 Å². The van der Waals surface area contributed by atoms with Crippen LogP contribution in [-0.2, 0) is 10.8 Å². The summed E-state index contributed by atoms with van der Waals surface area (Å²) in [5.41, 5.74) is 1.21. The summed E-state index contributed by atoms with van der Waals surface area (Å²) in [6.07, 6.45) is 0. The number of rotatable bonds is 0. The highest BCUT2D eigenvalue weighted by molar-refractivity contribution is 5.23. The Labute approximate surface area is 91.7 Å². The SMILES string of the molecule is CC(C)(C)c1ccc(F)c(C(C)(C)C)n1. The summed E-state index contributed by atoms with van der Waals surface area (Å²) < 4.78 is 13.6. The summed E-state index contributed by atoms with van der Waals surface area (Å²) in [5.74, 6) is -0.212. The Kier molecular flexibility index (Phi) is 2.90. The van der Waals surface area contributed by atoms with Gasteiger partial charge in [0.05, 0.1) is 5.69 Å². The van der Waals surface area contributed by atoms with E-state index in [0.29, 0.717) is 5.69 Å². The quantitative estimate of drug-likeness (QED) is 0.633. The summed E-state index contributed by atoms with van der Waals surface area (Å²) in [4.78, 5) is 4.44. The summed E-state index contributed by atoms with van der Waals surface area (Å²) in [6, 6.07) is 3.29. The van der Waals surface area contributed by atoms with E-state index in [1.54, 1.807) is 6.07 Å². The van der Waals surface area contributed by atoms with E-state index in [9.17, 15) is 4.39 Å². The highest BCUT2D eigenvalue weighted by Crippen LogP contribution is 2.27. The van der Waals surface area contributed by atoms with Crippen LogP contribution in [0, 0.1) is 5.82 Å². The van der Waals surface area contributed by atoms with Crippen molar-refractivity contribution in [3.8, 4) is 0 Å². The third kappa shape index (κ3) is 2.77. The summed E-state index contributed by atoms with van der Waals surface area (Å²) >= 11 is 0. The Bertz CT molecular complexity index is 356. The lowest BCUT2D eigenvalue weighted by molar-refractivity contribution is 0.484. The first-order valence-electron chi connectivity index (χ1n) is 5.30. The van der Waals surface area contributed by atoms with Crippen molar-refractivity contribution in [2.75, 3.05) is 0 Å². The minimum atomic E-state index is -0.245. The van der Waals surface area contributed by atoms with Gasteiger partial charge in [-0.05, 0) is 12.1 Å². The number of hydrogen-bond acceptors (Lipinski definition) is 1. The molecule has 1 heterocycles. The van der Waals surface area contributed by atoms with Crippen molar-refractivity contribution in [1.82, 2.24) is 4.98 Å². The van der Waals surface area contributed by atoms with Crippen molar-refractivity contribution in [2.24, 2.45) is 0 Å². The van der Waals surface area contributed by atoms with E-state index in [4.69, 9.17) is 0 Å². The lowest BCUT2D eigenvalue weighted by Crippen LogP contribution is -2.21. The normalized spacial score (nSPS) is 13.0. The number of aromatic nitrogens is 1. The molecule has 0 N–H and O–H groups in total. The van der Waals surface area contributed by atoms with E-state index in [0.717, 1.165) is 5.69 Å². The molecule has 0 radical (unpaired) electrons. The minimum Gasteiger partial charge on any atom is -0.254 e. The van der Waals surface area contributed by atoms with E-state index in [-0.39, 0.29) is 16.6 Å². The van der Waals surface area contributed by atoms with Gasteiger partial charge in [-0.25, -0.2) is 4.39 Å². The zero-order valence-electron chi connectivity index (χ0n) is 10.5. The van der Waals surface area contributed by atoms with Crippen molar-refractivity contribution in [3.05, 3.63) is 29.3 Å². The van der Waals surface area contributed by atoms with Gasteiger partial charge in [-0.15, -0.1) is 0 Å². The summed E-state index contributed by atoms with van der Waals surface area (Å²) in [5, 5.41) is 0. The molecule has 84 valence electrons. The smallest absolute Gasteiger partial charge is 0.145 e. The van der Waals surface area contributed by atoms with Crippen molar-refractivity contribution in [2.45, 2.75) is 52.4 Å². The molecule has 1 nitrogen and oxygen atoms in total. The molecular weight excluding hydrogens is 189 g/mol. The van der Waals surface area contributed by atoms with Gasteiger partial charge in [0.25, 0.3) is 0 Å².